The third-order valence-electron chi connectivity index (χ3n) is 3.01. The molecule has 2 unspecified atom stereocenters. The fourth-order valence-corrected chi connectivity index (χ4v) is 1.87. The van der Waals surface area contributed by atoms with Crippen LogP contribution < -0.4 is 5.73 Å². The summed E-state index contributed by atoms with van der Waals surface area (Å²) < 4.78 is 26.8. The molecule has 2 N–H and O–H groups in total. The van der Waals surface area contributed by atoms with Gasteiger partial charge in [-0.3, -0.25) is 4.98 Å². The minimum absolute atomic E-state index is 0.174. The first-order valence-corrected chi connectivity index (χ1v) is 5.71. The smallest absolute Gasteiger partial charge is 0.128 e. The Labute approximate surface area is 104 Å². The van der Waals surface area contributed by atoms with E-state index in [4.69, 9.17) is 5.73 Å². The van der Waals surface area contributed by atoms with E-state index in [9.17, 15) is 8.78 Å². The van der Waals surface area contributed by atoms with Crippen molar-refractivity contribution in [3.05, 3.63) is 65.5 Å². The van der Waals surface area contributed by atoms with Crippen molar-refractivity contribution in [3.63, 3.8) is 0 Å². The van der Waals surface area contributed by atoms with Gasteiger partial charge in [-0.2, -0.15) is 0 Å². The van der Waals surface area contributed by atoms with Crippen LogP contribution in [0.3, 0.4) is 0 Å². The van der Waals surface area contributed by atoms with Gasteiger partial charge in [-0.15, -0.1) is 0 Å². The molecule has 94 valence electrons. The lowest BCUT2D eigenvalue weighted by atomic mass is 9.92. The molecule has 1 aromatic heterocycles. The van der Waals surface area contributed by atoms with Crippen LogP contribution >= 0.6 is 0 Å². The maximum Gasteiger partial charge on any atom is 0.128 e. The summed E-state index contributed by atoms with van der Waals surface area (Å²) in [5.74, 6) is -1.18. The highest BCUT2D eigenvalue weighted by Gasteiger charge is 2.21. The minimum atomic E-state index is -0.629. The van der Waals surface area contributed by atoms with Crippen LogP contribution in [0.5, 0.6) is 0 Å². The molecule has 0 radical (unpaired) electrons. The molecule has 0 fully saturated rings. The van der Waals surface area contributed by atoms with Crippen LogP contribution in [0.4, 0.5) is 8.78 Å². The molecule has 18 heavy (non-hydrogen) atoms. The number of nitrogens with two attached hydrogens (primary N) is 1. The molecule has 1 heterocycles. The van der Waals surface area contributed by atoms with E-state index < -0.39 is 17.7 Å². The molecular weight excluding hydrogens is 234 g/mol. The Morgan fingerprint density at radius 1 is 1.17 bits per heavy atom. The van der Waals surface area contributed by atoms with Crippen LogP contribution in [0, 0.1) is 11.6 Å². The Bertz CT molecular complexity index is 529. The molecule has 2 nitrogen and oxygen atoms in total. The highest BCUT2D eigenvalue weighted by Crippen LogP contribution is 2.29. The topological polar surface area (TPSA) is 38.9 Å². The maximum absolute atomic E-state index is 13.6. The number of aromatic nitrogens is 1. The highest BCUT2D eigenvalue weighted by molar-refractivity contribution is 5.26. The van der Waals surface area contributed by atoms with E-state index in [-0.39, 0.29) is 11.5 Å². The number of rotatable bonds is 3. The van der Waals surface area contributed by atoms with E-state index in [1.165, 1.54) is 0 Å². The van der Waals surface area contributed by atoms with Crippen LogP contribution in [0.1, 0.15) is 30.1 Å². The lowest BCUT2D eigenvalue weighted by Crippen LogP contribution is -2.20. The van der Waals surface area contributed by atoms with Crippen molar-refractivity contribution in [1.82, 2.24) is 4.98 Å². The zero-order valence-corrected chi connectivity index (χ0v) is 9.98. The first-order chi connectivity index (χ1) is 8.59. The summed E-state index contributed by atoms with van der Waals surface area (Å²) in [7, 11) is 0. The Balaban J connectivity index is 2.31. The summed E-state index contributed by atoms with van der Waals surface area (Å²) in [5.41, 5.74) is 6.93. The zero-order valence-electron chi connectivity index (χ0n) is 9.98. The largest absolute Gasteiger partial charge is 0.323 e. The lowest BCUT2D eigenvalue weighted by Gasteiger charge is -2.20. The van der Waals surface area contributed by atoms with E-state index in [0.717, 1.165) is 23.9 Å². The fraction of sp³-hybridized carbons (Fsp3) is 0.214. The number of benzene rings is 1. The molecule has 0 amide bonds. The predicted molar refractivity (Wildman–Crippen MR) is 65.9 cm³/mol. The third kappa shape index (κ3) is 2.54. The molecule has 0 saturated heterocycles. The normalized spacial score (nSPS) is 14.2. The first-order valence-electron chi connectivity index (χ1n) is 5.71. The summed E-state index contributed by atoms with van der Waals surface area (Å²) in [6.07, 6.45) is 1.65. The molecule has 2 atom stereocenters. The maximum atomic E-state index is 13.6. The van der Waals surface area contributed by atoms with Gasteiger partial charge in [0.25, 0.3) is 0 Å². The van der Waals surface area contributed by atoms with Crippen molar-refractivity contribution in [3.8, 4) is 0 Å². The summed E-state index contributed by atoms with van der Waals surface area (Å²) in [6, 6.07) is 8.14. The Kier molecular flexibility index (Phi) is 3.67. The number of nitrogens with zero attached hydrogens (tertiary/aromatic N) is 1. The highest BCUT2D eigenvalue weighted by atomic mass is 19.1. The summed E-state index contributed by atoms with van der Waals surface area (Å²) in [5, 5.41) is 0. The van der Waals surface area contributed by atoms with Crippen molar-refractivity contribution in [2.75, 3.05) is 0 Å². The second-order valence-corrected chi connectivity index (χ2v) is 4.23. The molecule has 2 aromatic rings. The van der Waals surface area contributed by atoms with E-state index in [1.54, 1.807) is 12.3 Å². The van der Waals surface area contributed by atoms with Crippen LogP contribution in [0.15, 0.2) is 42.6 Å². The number of hydrogen-bond donors (Lipinski definition) is 1. The molecule has 0 aliphatic rings. The van der Waals surface area contributed by atoms with Crippen LogP contribution in [0.25, 0.3) is 0 Å². The monoisotopic (exact) mass is 248 g/mol. The third-order valence-corrected chi connectivity index (χ3v) is 3.01. The molecular formula is C14H14F2N2. The van der Waals surface area contributed by atoms with Crippen LogP contribution in [-0.2, 0) is 0 Å². The quantitative estimate of drug-likeness (QED) is 0.906. The van der Waals surface area contributed by atoms with Gasteiger partial charge in [-0.1, -0.05) is 13.0 Å². The number of pyridine rings is 1. The van der Waals surface area contributed by atoms with Crippen molar-refractivity contribution >= 4 is 0 Å². The molecule has 0 saturated carbocycles. The van der Waals surface area contributed by atoms with Crippen molar-refractivity contribution in [1.29, 1.82) is 0 Å². The summed E-state index contributed by atoms with van der Waals surface area (Å²) >= 11 is 0. The van der Waals surface area contributed by atoms with Crippen LogP contribution in [0.2, 0.25) is 0 Å². The molecule has 4 heteroatoms. The predicted octanol–water partition coefficient (Wildman–Crippen LogP) is 3.16. The van der Waals surface area contributed by atoms with Crippen molar-refractivity contribution < 1.29 is 8.78 Å². The standard InChI is InChI=1S/C14H14F2N2/c1-9(13-4-2-3-7-18-13)14(17)11-8-10(15)5-6-12(11)16/h2-9,14H,17H2,1H3. The summed E-state index contributed by atoms with van der Waals surface area (Å²) in [6.45, 7) is 1.84. The minimum Gasteiger partial charge on any atom is -0.323 e. The lowest BCUT2D eigenvalue weighted by molar-refractivity contribution is 0.522. The first kappa shape index (κ1) is 12.6. The molecule has 0 aliphatic carbocycles. The Morgan fingerprint density at radius 3 is 2.61 bits per heavy atom. The second kappa shape index (κ2) is 5.23. The van der Waals surface area contributed by atoms with Gasteiger partial charge < -0.3 is 5.73 Å². The van der Waals surface area contributed by atoms with E-state index in [2.05, 4.69) is 4.98 Å². The van der Waals surface area contributed by atoms with Gasteiger partial charge in [-0.05, 0) is 30.3 Å². The van der Waals surface area contributed by atoms with Gasteiger partial charge in [0, 0.05) is 29.4 Å². The van der Waals surface area contributed by atoms with Gasteiger partial charge in [0.1, 0.15) is 11.6 Å². The van der Waals surface area contributed by atoms with Gasteiger partial charge in [0.15, 0.2) is 0 Å². The van der Waals surface area contributed by atoms with E-state index >= 15 is 0 Å². The number of hydrogen-bond acceptors (Lipinski definition) is 2. The second-order valence-electron chi connectivity index (χ2n) is 4.23. The van der Waals surface area contributed by atoms with E-state index in [1.807, 2.05) is 19.1 Å². The van der Waals surface area contributed by atoms with Gasteiger partial charge in [-0.25, -0.2) is 8.78 Å². The molecule has 0 aliphatic heterocycles. The molecule has 2 rings (SSSR count). The van der Waals surface area contributed by atoms with Gasteiger partial charge >= 0.3 is 0 Å². The molecule has 0 spiro atoms. The number of halogens is 2. The Hall–Kier alpha value is -1.81. The van der Waals surface area contributed by atoms with Gasteiger partial charge in [0.2, 0.25) is 0 Å². The Morgan fingerprint density at radius 2 is 1.94 bits per heavy atom. The fourth-order valence-electron chi connectivity index (χ4n) is 1.87. The average Bonchev–Trinajstić information content (AvgIpc) is 2.41. The molecule has 0 bridgehead atoms. The average molecular weight is 248 g/mol. The zero-order chi connectivity index (χ0) is 13.1. The SMILES string of the molecule is CC(c1ccccn1)C(N)c1cc(F)ccc1F. The summed E-state index contributed by atoms with van der Waals surface area (Å²) in [4.78, 5) is 4.18. The molecule has 1 aromatic carbocycles. The van der Waals surface area contributed by atoms with Gasteiger partial charge in [0.05, 0.1) is 0 Å². The van der Waals surface area contributed by atoms with Crippen LogP contribution in [-0.4, -0.2) is 4.98 Å². The van der Waals surface area contributed by atoms with Crippen molar-refractivity contribution in [2.45, 2.75) is 18.9 Å². The van der Waals surface area contributed by atoms with Crippen molar-refractivity contribution in [2.24, 2.45) is 5.73 Å². The van der Waals surface area contributed by atoms with E-state index in [0.29, 0.717) is 0 Å².